The lowest BCUT2D eigenvalue weighted by Crippen LogP contribution is -2.37. The first kappa shape index (κ1) is 14.9. The molecule has 92 valence electrons. The summed E-state index contributed by atoms with van der Waals surface area (Å²) in [7, 11) is 0. The average molecular weight is 226 g/mol. The first-order valence-electron chi connectivity index (χ1n) is 5.68. The highest BCUT2D eigenvalue weighted by Gasteiger charge is 2.15. The van der Waals surface area contributed by atoms with Crippen LogP contribution in [0.25, 0.3) is 0 Å². The third-order valence-electron chi connectivity index (χ3n) is 2.71. The minimum atomic E-state index is -0.142. The fourth-order valence-corrected chi connectivity index (χ4v) is 1.61. The van der Waals surface area contributed by atoms with Gasteiger partial charge in [0.05, 0.1) is 12.0 Å². The van der Waals surface area contributed by atoms with Gasteiger partial charge in [-0.15, -0.1) is 0 Å². The minimum Gasteiger partial charge on any atom is -0.300 e. The van der Waals surface area contributed by atoms with Gasteiger partial charge in [0.2, 0.25) is 5.91 Å². The lowest BCUT2D eigenvalue weighted by atomic mass is 10.1. The van der Waals surface area contributed by atoms with E-state index in [4.69, 9.17) is 11.1 Å². The number of nitrogens with one attached hydrogen (secondary N) is 1. The van der Waals surface area contributed by atoms with Crippen LogP contribution in [-0.2, 0) is 4.79 Å². The summed E-state index contributed by atoms with van der Waals surface area (Å²) in [5.74, 6) is 4.89. The standard InChI is InChI=1S/C11H22N4O/c1-4-15(8-9(2)7-12)10(3)5-6-11(16)14-13/h9-10H,4-6,8,13H2,1-3H3,(H,14,16). The Bertz CT molecular complexity index is 249. The van der Waals surface area contributed by atoms with Crippen LogP contribution in [0.5, 0.6) is 0 Å². The van der Waals surface area contributed by atoms with Gasteiger partial charge in [0.25, 0.3) is 0 Å². The maximum atomic E-state index is 11.0. The monoisotopic (exact) mass is 226 g/mol. The molecule has 0 aromatic rings. The van der Waals surface area contributed by atoms with Gasteiger partial charge in [-0.3, -0.25) is 15.1 Å². The predicted octanol–water partition coefficient (Wildman–Crippen LogP) is 0.627. The first-order valence-corrected chi connectivity index (χ1v) is 5.68. The van der Waals surface area contributed by atoms with Gasteiger partial charge >= 0.3 is 0 Å². The highest BCUT2D eigenvalue weighted by molar-refractivity contribution is 5.75. The Balaban J connectivity index is 4.06. The van der Waals surface area contributed by atoms with E-state index in [1.807, 2.05) is 6.92 Å². The van der Waals surface area contributed by atoms with Crippen LogP contribution in [0.1, 0.15) is 33.6 Å². The fraction of sp³-hybridized carbons (Fsp3) is 0.818. The fourth-order valence-electron chi connectivity index (χ4n) is 1.61. The zero-order chi connectivity index (χ0) is 12.6. The van der Waals surface area contributed by atoms with Crippen molar-refractivity contribution < 1.29 is 4.79 Å². The van der Waals surface area contributed by atoms with Crippen LogP contribution in [0, 0.1) is 17.2 Å². The summed E-state index contributed by atoms with van der Waals surface area (Å²) in [4.78, 5) is 13.2. The van der Waals surface area contributed by atoms with Gasteiger partial charge in [-0.25, -0.2) is 5.84 Å². The van der Waals surface area contributed by atoms with Gasteiger partial charge in [-0.05, 0) is 26.8 Å². The quantitative estimate of drug-likeness (QED) is 0.379. The molecule has 3 N–H and O–H groups in total. The number of hydrogen-bond donors (Lipinski definition) is 2. The van der Waals surface area contributed by atoms with Gasteiger partial charge in [0.1, 0.15) is 0 Å². The third kappa shape index (κ3) is 5.69. The summed E-state index contributed by atoms with van der Waals surface area (Å²) < 4.78 is 0. The summed E-state index contributed by atoms with van der Waals surface area (Å²) >= 11 is 0. The maximum absolute atomic E-state index is 11.0. The van der Waals surface area contributed by atoms with Crippen molar-refractivity contribution in [3.8, 4) is 6.07 Å². The molecule has 0 spiro atoms. The number of hydrogen-bond acceptors (Lipinski definition) is 4. The number of carbonyl (C=O) groups is 1. The Labute approximate surface area is 97.6 Å². The summed E-state index contributed by atoms with van der Waals surface area (Å²) in [6.45, 7) is 7.67. The molecule has 0 aliphatic carbocycles. The molecule has 2 unspecified atom stereocenters. The van der Waals surface area contributed by atoms with E-state index in [9.17, 15) is 4.79 Å². The van der Waals surface area contributed by atoms with Gasteiger partial charge < -0.3 is 0 Å². The second-order valence-electron chi connectivity index (χ2n) is 4.07. The molecule has 0 aliphatic rings. The SMILES string of the molecule is CCN(CC(C)C#N)C(C)CCC(=O)NN. The number of rotatable bonds is 7. The molecule has 0 saturated heterocycles. The van der Waals surface area contributed by atoms with E-state index < -0.39 is 0 Å². The maximum Gasteiger partial charge on any atom is 0.233 e. The van der Waals surface area contributed by atoms with Crippen LogP contribution in [0.15, 0.2) is 0 Å². The van der Waals surface area contributed by atoms with Crippen molar-refractivity contribution in [3.05, 3.63) is 0 Å². The van der Waals surface area contributed by atoms with Crippen molar-refractivity contribution in [1.82, 2.24) is 10.3 Å². The molecule has 0 saturated carbocycles. The predicted molar refractivity (Wildman–Crippen MR) is 63.1 cm³/mol. The Hall–Kier alpha value is -1.12. The number of hydrazine groups is 1. The molecule has 0 radical (unpaired) electrons. The topological polar surface area (TPSA) is 82.2 Å². The molecule has 0 rings (SSSR count). The third-order valence-corrected chi connectivity index (χ3v) is 2.71. The lowest BCUT2D eigenvalue weighted by molar-refractivity contribution is -0.121. The average Bonchev–Trinajstić information content (AvgIpc) is 2.31. The van der Waals surface area contributed by atoms with E-state index in [-0.39, 0.29) is 17.9 Å². The van der Waals surface area contributed by atoms with Crippen molar-refractivity contribution in [2.24, 2.45) is 11.8 Å². The second-order valence-corrected chi connectivity index (χ2v) is 4.07. The Kier molecular flexibility index (Phi) is 7.52. The van der Waals surface area contributed by atoms with Crippen LogP contribution in [0.2, 0.25) is 0 Å². The molecule has 0 heterocycles. The van der Waals surface area contributed by atoms with Crippen LogP contribution < -0.4 is 11.3 Å². The molecule has 0 aromatic heterocycles. The van der Waals surface area contributed by atoms with E-state index in [2.05, 4.69) is 30.2 Å². The molecule has 5 heteroatoms. The van der Waals surface area contributed by atoms with Crippen molar-refractivity contribution in [1.29, 1.82) is 5.26 Å². The Morgan fingerprint density at radius 1 is 1.56 bits per heavy atom. The summed E-state index contributed by atoms with van der Waals surface area (Å²) in [5, 5.41) is 8.76. The summed E-state index contributed by atoms with van der Waals surface area (Å²) in [6.07, 6.45) is 1.18. The van der Waals surface area contributed by atoms with E-state index in [1.165, 1.54) is 0 Å². The van der Waals surface area contributed by atoms with Gasteiger partial charge in [-0.2, -0.15) is 5.26 Å². The lowest BCUT2D eigenvalue weighted by Gasteiger charge is -2.28. The molecular weight excluding hydrogens is 204 g/mol. The molecule has 0 aliphatic heterocycles. The highest BCUT2D eigenvalue weighted by atomic mass is 16.2. The molecule has 0 bridgehead atoms. The van der Waals surface area contributed by atoms with Crippen LogP contribution in [-0.4, -0.2) is 29.9 Å². The Morgan fingerprint density at radius 2 is 2.19 bits per heavy atom. The number of carbonyl (C=O) groups excluding carboxylic acids is 1. The van der Waals surface area contributed by atoms with Crippen molar-refractivity contribution in [2.75, 3.05) is 13.1 Å². The van der Waals surface area contributed by atoms with E-state index in [0.29, 0.717) is 6.42 Å². The summed E-state index contributed by atoms with van der Waals surface area (Å²) in [5.41, 5.74) is 2.12. The zero-order valence-electron chi connectivity index (χ0n) is 10.4. The number of amides is 1. The molecular formula is C11H22N4O. The van der Waals surface area contributed by atoms with Crippen LogP contribution >= 0.6 is 0 Å². The van der Waals surface area contributed by atoms with E-state index >= 15 is 0 Å². The molecule has 0 aromatic carbocycles. The minimum absolute atomic E-state index is 0.0192. The molecule has 2 atom stereocenters. The van der Waals surface area contributed by atoms with Crippen molar-refractivity contribution in [3.63, 3.8) is 0 Å². The van der Waals surface area contributed by atoms with E-state index in [0.717, 1.165) is 19.5 Å². The molecule has 0 fully saturated rings. The van der Waals surface area contributed by atoms with Gasteiger partial charge in [0, 0.05) is 19.0 Å². The zero-order valence-corrected chi connectivity index (χ0v) is 10.4. The van der Waals surface area contributed by atoms with E-state index in [1.54, 1.807) is 0 Å². The molecule has 5 nitrogen and oxygen atoms in total. The van der Waals surface area contributed by atoms with Crippen molar-refractivity contribution in [2.45, 2.75) is 39.7 Å². The smallest absolute Gasteiger partial charge is 0.233 e. The molecule has 1 amide bonds. The second kappa shape index (κ2) is 8.08. The molecule has 16 heavy (non-hydrogen) atoms. The van der Waals surface area contributed by atoms with Crippen molar-refractivity contribution >= 4 is 5.91 Å². The van der Waals surface area contributed by atoms with Crippen LogP contribution in [0.4, 0.5) is 0 Å². The van der Waals surface area contributed by atoms with Gasteiger partial charge in [-0.1, -0.05) is 6.92 Å². The normalized spacial score (nSPS) is 14.2. The van der Waals surface area contributed by atoms with Gasteiger partial charge in [0.15, 0.2) is 0 Å². The largest absolute Gasteiger partial charge is 0.300 e. The Morgan fingerprint density at radius 3 is 2.62 bits per heavy atom. The van der Waals surface area contributed by atoms with Crippen LogP contribution in [0.3, 0.4) is 0 Å². The highest BCUT2D eigenvalue weighted by Crippen LogP contribution is 2.09. The number of nitriles is 1. The number of nitrogens with zero attached hydrogens (tertiary/aromatic N) is 2. The number of nitrogens with two attached hydrogens (primary N) is 1. The summed E-state index contributed by atoms with van der Waals surface area (Å²) in [6, 6.07) is 2.51. The first-order chi connectivity index (χ1) is 7.54.